The lowest BCUT2D eigenvalue weighted by Gasteiger charge is -2.38. The van der Waals surface area contributed by atoms with Crippen molar-refractivity contribution in [2.24, 2.45) is 5.92 Å². The lowest BCUT2D eigenvalue weighted by molar-refractivity contribution is -0.137. The first kappa shape index (κ1) is 25.0. The van der Waals surface area contributed by atoms with E-state index in [2.05, 4.69) is 51.4 Å². The van der Waals surface area contributed by atoms with Gasteiger partial charge in [-0.25, -0.2) is 9.67 Å². The number of anilines is 1. The molecule has 2 aromatic carbocycles. The Kier molecular flexibility index (Phi) is 6.19. The summed E-state index contributed by atoms with van der Waals surface area (Å²) < 4.78 is 3.18. The number of aromatic nitrogens is 4. The van der Waals surface area contributed by atoms with Gasteiger partial charge < -0.3 is 14.9 Å². The monoisotopic (exact) mass is 538 g/mol. The van der Waals surface area contributed by atoms with Crippen LogP contribution in [0.2, 0.25) is 0 Å². The number of carbonyl (C=O) groups is 1. The molecule has 2 saturated heterocycles. The minimum Gasteiger partial charge on any atom is -0.388 e. The number of likely N-dealkylation sites (tertiary alicyclic amines) is 1. The van der Waals surface area contributed by atoms with Crippen LogP contribution in [0.1, 0.15) is 38.5 Å². The van der Waals surface area contributed by atoms with Crippen molar-refractivity contribution in [2.75, 3.05) is 31.1 Å². The maximum Gasteiger partial charge on any atom is 0.264 e. The fourth-order valence-corrected chi connectivity index (χ4v) is 6.13. The molecule has 3 aliphatic rings. The number of benzene rings is 2. The molecular weight excluding hydrogens is 504 g/mol. The highest BCUT2D eigenvalue weighted by molar-refractivity contribution is 5.81. The number of fused-ring (bicyclic) bond motifs is 1. The summed E-state index contributed by atoms with van der Waals surface area (Å²) in [4.78, 5) is 34.7. The van der Waals surface area contributed by atoms with Crippen LogP contribution in [0.5, 0.6) is 0 Å². The van der Waals surface area contributed by atoms with Gasteiger partial charge in [0.15, 0.2) is 5.65 Å². The lowest BCUT2D eigenvalue weighted by Crippen LogP contribution is -2.50. The molecule has 0 radical (unpaired) electrons. The highest BCUT2D eigenvalue weighted by Gasteiger charge is 2.39. The van der Waals surface area contributed by atoms with Gasteiger partial charge in [0.05, 0.1) is 24.0 Å². The summed E-state index contributed by atoms with van der Waals surface area (Å²) in [7, 11) is 0. The predicted molar refractivity (Wildman–Crippen MR) is 153 cm³/mol. The van der Waals surface area contributed by atoms with Crippen LogP contribution in [0.4, 0.5) is 5.69 Å². The molecule has 40 heavy (non-hydrogen) atoms. The summed E-state index contributed by atoms with van der Waals surface area (Å²) in [6.45, 7) is 3.38. The van der Waals surface area contributed by atoms with Gasteiger partial charge in [0.1, 0.15) is 11.7 Å². The number of nitrogens with zero attached hydrogens (tertiary/aromatic N) is 6. The molecule has 3 fully saturated rings. The molecule has 1 amide bonds. The fraction of sp³-hybridized carbons (Fsp3) is 0.419. The van der Waals surface area contributed by atoms with Gasteiger partial charge in [-0.1, -0.05) is 24.3 Å². The van der Waals surface area contributed by atoms with E-state index in [0.29, 0.717) is 37.0 Å². The molecular formula is C31H34N6O3. The molecule has 2 aromatic heterocycles. The third-order valence-electron chi connectivity index (χ3n) is 8.69. The lowest BCUT2D eigenvalue weighted by atomic mass is 9.91. The van der Waals surface area contributed by atoms with E-state index in [9.17, 15) is 14.7 Å². The first-order valence-electron chi connectivity index (χ1n) is 14.4. The average Bonchev–Trinajstić information content (AvgIpc) is 3.50. The average molecular weight is 539 g/mol. The van der Waals surface area contributed by atoms with Crippen molar-refractivity contribution in [3.63, 3.8) is 0 Å². The van der Waals surface area contributed by atoms with E-state index in [4.69, 9.17) is 0 Å². The van der Waals surface area contributed by atoms with Crippen molar-refractivity contribution >= 4 is 22.6 Å². The van der Waals surface area contributed by atoms with Gasteiger partial charge in [-0.05, 0) is 73.9 Å². The Hall–Kier alpha value is -3.98. The molecule has 1 saturated carbocycles. The van der Waals surface area contributed by atoms with Gasteiger partial charge in [0, 0.05) is 37.8 Å². The maximum absolute atomic E-state index is 13.4. The van der Waals surface area contributed by atoms with Crippen LogP contribution in [0.3, 0.4) is 0 Å². The van der Waals surface area contributed by atoms with Crippen LogP contribution in [0, 0.1) is 5.92 Å². The number of piperidine rings is 1. The van der Waals surface area contributed by atoms with Crippen LogP contribution >= 0.6 is 0 Å². The molecule has 0 bridgehead atoms. The Morgan fingerprint density at radius 3 is 2.33 bits per heavy atom. The summed E-state index contributed by atoms with van der Waals surface area (Å²) in [5.74, 6) is 0.385. The topological polar surface area (TPSA) is 96.5 Å². The summed E-state index contributed by atoms with van der Waals surface area (Å²) >= 11 is 0. The van der Waals surface area contributed by atoms with Crippen molar-refractivity contribution in [1.29, 1.82) is 0 Å². The number of rotatable bonds is 6. The van der Waals surface area contributed by atoms with E-state index in [1.165, 1.54) is 29.4 Å². The summed E-state index contributed by atoms with van der Waals surface area (Å²) in [5.41, 5.74) is 3.49. The molecule has 0 unspecified atom stereocenters. The Morgan fingerprint density at radius 1 is 0.950 bits per heavy atom. The first-order valence-corrected chi connectivity index (χ1v) is 14.4. The molecule has 2 aliphatic heterocycles. The van der Waals surface area contributed by atoms with Crippen molar-refractivity contribution in [3.05, 3.63) is 71.4 Å². The standard InChI is InChI=1S/C31H34N6O3/c38-29(22-9-10-22)35-15-11-31(40,12-16-35)20-36-21-32-28-27(30(36)39)19-33-37(28)26-8-4-6-24(18-26)23-5-3-7-25(17-23)34-13-1-2-14-34/h3-8,17-19,21-22,40H,1-2,9-16,20H2. The second-order valence-corrected chi connectivity index (χ2v) is 11.6. The number of amides is 1. The van der Waals surface area contributed by atoms with Gasteiger partial charge in [-0.2, -0.15) is 5.10 Å². The van der Waals surface area contributed by atoms with E-state index in [1.807, 2.05) is 17.0 Å². The second-order valence-electron chi connectivity index (χ2n) is 11.6. The molecule has 0 spiro atoms. The van der Waals surface area contributed by atoms with Gasteiger partial charge in [0.2, 0.25) is 5.91 Å². The van der Waals surface area contributed by atoms with E-state index in [1.54, 1.807) is 10.9 Å². The molecule has 0 atom stereocenters. The summed E-state index contributed by atoms with van der Waals surface area (Å²) in [6, 6.07) is 16.7. The smallest absolute Gasteiger partial charge is 0.264 e. The van der Waals surface area contributed by atoms with E-state index >= 15 is 0 Å². The zero-order valence-electron chi connectivity index (χ0n) is 22.6. The van der Waals surface area contributed by atoms with Crippen molar-refractivity contribution in [3.8, 4) is 16.8 Å². The maximum atomic E-state index is 13.4. The second kappa shape index (κ2) is 9.89. The largest absolute Gasteiger partial charge is 0.388 e. The summed E-state index contributed by atoms with van der Waals surface area (Å²) in [6.07, 6.45) is 8.38. The van der Waals surface area contributed by atoms with Gasteiger partial charge in [0.25, 0.3) is 5.56 Å². The van der Waals surface area contributed by atoms with E-state index < -0.39 is 5.60 Å². The molecule has 7 rings (SSSR count). The van der Waals surface area contributed by atoms with Gasteiger partial charge >= 0.3 is 0 Å². The zero-order chi connectivity index (χ0) is 27.3. The number of hydrogen-bond donors (Lipinski definition) is 1. The molecule has 4 heterocycles. The molecule has 4 aromatic rings. The molecule has 1 N–H and O–H groups in total. The van der Waals surface area contributed by atoms with Crippen molar-refractivity contribution in [2.45, 2.75) is 50.7 Å². The minimum absolute atomic E-state index is 0.147. The molecule has 1 aliphatic carbocycles. The van der Waals surface area contributed by atoms with E-state index in [-0.39, 0.29) is 23.9 Å². The third-order valence-corrected chi connectivity index (χ3v) is 8.69. The predicted octanol–water partition coefficient (Wildman–Crippen LogP) is 3.61. The van der Waals surface area contributed by atoms with Crippen molar-refractivity contribution < 1.29 is 9.90 Å². The molecule has 206 valence electrons. The molecule has 9 heteroatoms. The van der Waals surface area contributed by atoms with Crippen molar-refractivity contribution in [1.82, 2.24) is 24.2 Å². The molecule has 9 nitrogen and oxygen atoms in total. The minimum atomic E-state index is -1.05. The summed E-state index contributed by atoms with van der Waals surface area (Å²) in [5, 5.41) is 16.2. The quantitative estimate of drug-likeness (QED) is 0.403. The fourth-order valence-electron chi connectivity index (χ4n) is 6.13. The normalized spacial score (nSPS) is 18.9. The third kappa shape index (κ3) is 4.68. The van der Waals surface area contributed by atoms with Crippen LogP contribution < -0.4 is 10.5 Å². The highest BCUT2D eigenvalue weighted by atomic mass is 16.3. The van der Waals surface area contributed by atoms with E-state index in [0.717, 1.165) is 42.7 Å². The zero-order valence-corrected chi connectivity index (χ0v) is 22.6. The Labute approximate surface area is 232 Å². The Balaban J connectivity index is 1.12. The Bertz CT molecular complexity index is 1620. The van der Waals surface area contributed by atoms with Crippen LogP contribution in [0.25, 0.3) is 27.8 Å². The van der Waals surface area contributed by atoms with Crippen LogP contribution in [-0.2, 0) is 11.3 Å². The number of carbonyl (C=O) groups excluding carboxylic acids is 1. The SMILES string of the molecule is O=C(C1CC1)N1CCC(O)(Cn2cnc3c(cnn3-c3cccc(-c4cccc(N5CCCC5)c4)c3)c2=O)CC1. The number of hydrogen-bond acceptors (Lipinski definition) is 6. The first-order chi connectivity index (χ1) is 19.5. The van der Waals surface area contributed by atoms with Gasteiger partial charge in [-0.3, -0.25) is 14.2 Å². The highest BCUT2D eigenvalue weighted by Crippen LogP contribution is 2.33. The van der Waals surface area contributed by atoms with Crippen LogP contribution in [0.15, 0.2) is 65.8 Å². The number of aliphatic hydroxyl groups is 1. The van der Waals surface area contributed by atoms with Gasteiger partial charge in [-0.15, -0.1) is 0 Å². The van der Waals surface area contributed by atoms with Crippen LogP contribution in [-0.4, -0.2) is 67.0 Å². The Morgan fingerprint density at radius 2 is 1.62 bits per heavy atom.